The van der Waals surface area contributed by atoms with Crippen LogP contribution in [0.2, 0.25) is 0 Å². The second-order valence-electron chi connectivity index (χ2n) is 5.97. The van der Waals surface area contributed by atoms with Crippen molar-refractivity contribution in [3.63, 3.8) is 0 Å². The Morgan fingerprint density at radius 1 is 1.07 bits per heavy atom. The van der Waals surface area contributed by atoms with Crippen molar-refractivity contribution in [2.75, 3.05) is 0 Å². The molecule has 2 aliphatic carbocycles. The van der Waals surface area contributed by atoms with Crippen LogP contribution in [0.5, 0.6) is 0 Å². The monoisotopic (exact) mass is 190 g/mol. The third-order valence-corrected chi connectivity index (χ3v) is 4.70. The highest BCUT2D eigenvalue weighted by Gasteiger charge is 2.43. The number of rotatable bonds is 0. The van der Waals surface area contributed by atoms with E-state index in [1.54, 1.807) is 11.1 Å². The molecule has 0 N–H and O–H groups in total. The molecule has 2 rings (SSSR count). The molecule has 0 bridgehead atoms. The fraction of sp³-hybridized carbons (Fsp3) is 0.714. The first-order valence-electron chi connectivity index (χ1n) is 5.84. The molecular weight excluding hydrogens is 168 g/mol. The Morgan fingerprint density at radius 3 is 2.50 bits per heavy atom. The van der Waals surface area contributed by atoms with Gasteiger partial charge in [-0.15, -0.1) is 0 Å². The third kappa shape index (κ3) is 1.27. The van der Waals surface area contributed by atoms with Crippen molar-refractivity contribution < 1.29 is 0 Å². The Kier molecular flexibility index (Phi) is 2.13. The summed E-state index contributed by atoms with van der Waals surface area (Å²) in [6.07, 6.45) is 9.99. The normalized spacial score (nSPS) is 28.9. The molecule has 0 saturated heterocycles. The van der Waals surface area contributed by atoms with Crippen molar-refractivity contribution >= 4 is 0 Å². The zero-order valence-electron chi connectivity index (χ0n) is 9.98. The van der Waals surface area contributed by atoms with Gasteiger partial charge in [-0.25, -0.2) is 0 Å². The van der Waals surface area contributed by atoms with Crippen LogP contribution in [0.1, 0.15) is 53.4 Å². The molecule has 0 aliphatic heterocycles. The predicted molar refractivity (Wildman–Crippen MR) is 62.2 cm³/mol. The molecule has 0 atom stereocenters. The molecular formula is C14H22. The van der Waals surface area contributed by atoms with E-state index < -0.39 is 0 Å². The predicted octanol–water partition coefficient (Wildman–Crippen LogP) is 4.48. The van der Waals surface area contributed by atoms with Crippen molar-refractivity contribution in [2.45, 2.75) is 53.4 Å². The second kappa shape index (κ2) is 2.98. The Labute approximate surface area is 88.1 Å². The van der Waals surface area contributed by atoms with Crippen LogP contribution in [0.25, 0.3) is 0 Å². The van der Waals surface area contributed by atoms with E-state index in [-0.39, 0.29) is 0 Å². The first-order chi connectivity index (χ1) is 6.45. The van der Waals surface area contributed by atoms with E-state index in [1.807, 2.05) is 0 Å². The maximum absolute atomic E-state index is 2.42. The number of hydrogen-bond donors (Lipinski definition) is 0. The lowest BCUT2D eigenvalue weighted by atomic mass is 9.56. The van der Waals surface area contributed by atoms with Crippen LogP contribution in [0.4, 0.5) is 0 Å². The summed E-state index contributed by atoms with van der Waals surface area (Å²) in [6, 6.07) is 0. The maximum Gasteiger partial charge on any atom is -0.00529 e. The van der Waals surface area contributed by atoms with Crippen LogP contribution in [0.3, 0.4) is 0 Å². The zero-order chi connectivity index (χ0) is 10.4. The van der Waals surface area contributed by atoms with Crippen LogP contribution < -0.4 is 0 Å². The van der Waals surface area contributed by atoms with Gasteiger partial charge in [-0.2, -0.15) is 0 Å². The Bertz CT molecular complexity index is 300. The fourth-order valence-corrected chi connectivity index (χ4v) is 2.76. The molecule has 0 aromatic rings. The van der Waals surface area contributed by atoms with Gasteiger partial charge >= 0.3 is 0 Å². The summed E-state index contributed by atoms with van der Waals surface area (Å²) in [5.41, 5.74) is 4.18. The lowest BCUT2D eigenvalue weighted by Crippen LogP contribution is -2.38. The summed E-state index contributed by atoms with van der Waals surface area (Å²) in [4.78, 5) is 0. The second-order valence-corrected chi connectivity index (χ2v) is 5.97. The smallest absolute Gasteiger partial charge is 0.00529 e. The van der Waals surface area contributed by atoms with Crippen LogP contribution in [0, 0.1) is 10.8 Å². The number of hydrogen-bond acceptors (Lipinski definition) is 0. The van der Waals surface area contributed by atoms with Gasteiger partial charge in [0.1, 0.15) is 0 Å². The lowest BCUT2D eigenvalue weighted by molar-refractivity contribution is 0.126. The molecule has 0 saturated carbocycles. The summed E-state index contributed by atoms with van der Waals surface area (Å²) in [5, 5.41) is 0. The van der Waals surface area contributed by atoms with Crippen LogP contribution in [-0.4, -0.2) is 0 Å². The van der Waals surface area contributed by atoms with Gasteiger partial charge in [0.25, 0.3) is 0 Å². The first kappa shape index (κ1) is 10.0. The summed E-state index contributed by atoms with van der Waals surface area (Å²) in [5.74, 6) is 0. The molecule has 0 amide bonds. The Balaban J connectivity index is 2.46. The average Bonchev–Trinajstić information content (AvgIpc) is 2.13. The third-order valence-electron chi connectivity index (χ3n) is 4.70. The van der Waals surface area contributed by atoms with Crippen molar-refractivity contribution in [3.05, 3.63) is 23.3 Å². The van der Waals surface area contributed by atoms with E-state index >= 15 is 0 Å². The minimum absolute atomic E-state index is 0.359. The largest absolute Gasteiger partial charge is 0.0839 e. The molecule has 0 spiro atoms. The maximum atomic E-state index is 2.42. The molecule has 78 valence electrons. The quantitative estimate of drug-likeness (QED) is 0.528. The van der Waals surface area contributed by atoms with Gasteiger partial charge in [-0.05, 0) is 42.1 Å². The van der Waals surface area contributed by atoms with Gasteiger partial charge in [-0.1, -0.05) is 45.4 Å². The van der Waals surface area contributed by atoms with E-state index in [9.17, 15) is 0 Å². The molecule has 0 unspecified atom stereocenters. The molecule has 0 aromatic carbocycles. The van der Waals surface area contributed by atoms with E-state index in [4.69, 9.17) is 0 Å². The van der Waals surface area contributed by atoms with Crippen molar-refractivity contribution in [1.29, 1.82) is 0 Å². The Hall–Kier alpha value is -0.520. The van der Waals surface area contributed by atoms with E-state index in [0.717, 1.165) is 0 Å². The van der Waals surface area contributed by atoms with Gasteiger partial charge in [-0.3, -0.25) is 0 Å². The molecule has 14 heavy (non-hydrogen) atoms. The molecule has 0 radical (unpaired) electrons. The standard InChI is InChI=1S/C14H22/c1-13(2)10-9-11-7-5-6-8-12(11)14(13,3)4/h6,8H,5,7,9-10H2,1-4H3. The van der Waals surface area contributed by atoms with Crippen LogP contribution in [0.15, 0.2) is 23.3 Å². The minimum Gasteiger partial charge on any atom is -0.0839 e. The SMILES string of the molecule is CC1(C)CCC2=C(C=CCC2)C1(C)C. The number of allylic oxidation sites excluding steroid dienone is 4. The molecule has 0 heteroatoms. The first-order valence-corrected chi connectivity index (χ1v) is 5.84. The summed E-state index contributed by atoms with van der Waals surface area (Å²) in [6.45, 7) is 9.66. The van der Waals surface area contributed by atoms with Crippen molar-refractivity contribution in [3.8, 4) is 0 Å². The summed E-state index contributed by atoms with van der Waals surface area (Å²) in [7, 11) is 0. The Morgan fingerprint density at radius 2 is 1.79 bits per heavy atom. The summed E-state index contributed by atoms with van der Waals surface area (Å²) < 4.78 is 0. The molecule has 0 fully saturated rings. The molecule has 0 heterocycles. The molecule has 0 nitrogen and oxygen atoms in total. The van der Waals surface area contributed by atoms with Gasteiger partial charge in [0.15, 0.2) is 0 Å². The highest BCUT2D eigenvalue weighted by atomic mass is 14.5. The topological polar surface area (TPSA) is 0 Å². The summed E-state index contributed by atoms with van der Waals surface area (Å²) >= 11 is 0. The highest BCUT2D eigenvalue weighted by molar-refractivity contribution is 5.38. The van der Waals surface area contributed by atoms with E-state index in [0.29, 0.717) is 10.8 Å². The van der Waals surface area contributed by atoms with Gasteiger partial charge in [0.05, 0.1) is 0 Å². The van der Waals surface area contributed by atoms with Crippen molar-refractivity contribution in [2.24, 2.45) is 10.8 Å². The average molecular weight is 190 g/mol. The van der Waals surface area contributed by atoms with Crippen LogP contribution in [-0.2, 0) is 0 Å². The van der Waals surface area contributed by atoms with Gasteiger partial charge < -0.3 is 0 Å². The van der Waals surface area contributed by atoms with Crippen molar-refractivity contribution in [1.82, 2.24) is 0 Å². The van der Waals surface area contributed by atoms with Gasteiger partial charge in [0.2, 0.25) is 0 Å². The zero-order valence-corrected chi connectivity index (χ0v) is 9.98. The lowest BCUT2D eigenvalue weighted by Gasteiger charge is -2.48. The highest BCUT2D eigenvalue weighted by Crippen LogP contribution is 2.54. The van der Waals surface area contributed by atoms with E-state index in [2.05, 4.69) is 39.8 Å². The van der Waals surface area contributed by atoms with Crippen LogP contribution >= 0.6 is 0 Å². The molecule has 0 aromatic heterocycles. The minimum atomic E-state index is 0.359. The van der Waals surface area contributed by atoms with Gasteiger partial charge in [0, 0.05) is 0 Å². The fourth-order valence-electron chi connectivity index (χ4n) is 2.76. The molecule has 2 aliphatic rings. The van der Waals surface area contributed by atoms with E-state index in [1.165, 1.54) is 25.7 Å².